The molecule has 0 aliphatic heterocycles. The minimum Gasteiger partial charge on any atom is -0.492 e. The molecule has 7 heteroatoms. The Bertz CT molecular complexity index is 582. The van der Waals surface area contributed by atoms with E-state index in [9.17, 15) is 9.90 Å². The summed E-state index contributed by atoms with van der Waals surface area (Å²) in [6.07, 6.45) is 0.497. The summed E-state index contributed by atoms with van der Waals surface area (Å²) < 4.78 is 5.74. The van der Waals surface area contributed by atoms with E-state index >= 15 is 0 Å². The lowest BCUT2D eigenvalue weighted by Gasteiger charge is -2.32. The summed E-state index contributed by atoms with van der Waals surface area (Å²) in [6, 6.07) is 6.85. The Morgan fingerprint density at radius 1 is 1.24 bits per heavy atom. The number of rotatable bonds is 10. The van der Waals surface area contributed by atoms with Crippen LogP contribution in [0.4, 0.5) is 0 Å². The summed E-state index contributed by atoms with van der Waals surface area (Å²) >= 11 is 0. The predicted octanol–water partition coefficient (Wildman–Crippen LogP) is 1.19. The number of carbonyl (C=O) groups is 1. The van der Waals surface area contributed by atoms with Crippen molar-refractivity contribution < 1.29 is 14.6 Å². The topological polar surface area (TPSA) is 137 Å². The van der Waals surface area contributed by atoms with Crippen LogP contribution in [0.15, 0.2) is 29.3 Å². The zero-order chi connectivity index (χ0) is 19.0. The average Bonchev–Trinajstić information content (AvgIpc) is 2.60. The molecule has 1 rings (SSSR count). The Kier molecular flexibility index (Phi) is 7.86. The number of nitrogens with two attached hydrogens (primary N) is 3. The van der Waals surface area contributed by atoms with Crippen molar-refractivity contribution in [2.75, 3.05) is 19.7 Å². The Hall–Kier alpha value is -2.12. The van der Waals surface area contributed by atoms with Crippen LogP contribution in [0.5, 0.6) is 5.75 Å². The lowest BCUT2D eigenvalue weighted by molar-refractivity contribution is -0.154. The van der Waals surface area contributed by atoms with Gasteiger partial charge in [0.25, 0.3) is 0 Å². The Morgan fingerprint density at radius 2 is 1.80 bits per heavy atom. The summed E-state index contributed by atoms with van der Waals surface area (Å²) in [4.78, 5) is 16.0. The number of benzene rings is 1. The van der Waals surface area contributed by atoms with Gasteiger partial charge in [0.15, 0.2) is 0 Å². The highest BCUT2D eigenvalue weighted by Gasteiger charge is 2.41. The van der Waals surface area contributed by atoms with Gasteiger partial charge in [-0.2, -0.15) is 0 Å². The second-order valence-electron chi connectivity index (χ2n) is 6.42. The molecule has 0 radical (unpaired) electrons. The summed E-state index contributed by atoms with van der Waals surface area (Å²) in [5.74, 6) is 0.0719. The van der Waals surface area contributed by atoms with Crippen molar-refractivity contribution in [3.05, 3.63) is 29.8 Å². The van der Waals surface area contributed by atoms with Crippen molar-refractivity contribution in [2.24, 2.45) is 33.5 Å². The van der Waals surface area contributed by atoms with E-state index in [1.54, 1.807) is 24.3 Å². The Balaban J connectivity index is 2.85. The summed E-state index contributed by atoms with van der Waals surface area (Å²) in [5, 5.41) is 9.59. The van der Waals surface area contributed by atoms with Crippen LogP contribution < -0.4 is 21.9 Å². The molecule has 0 saturated carbocycles. The van der Waals surface area contributed by atoms with Crippen LogP contribution in [0.2, 0.25) is 0 Å². The lowest BCUT2D eigenvalue weighted by Crippen LogP contribution is -2.41. The van der Waals surface area contributed by atoms with Gasteiger partial charge in [0.05, 0.1) is 6.04 Å². The van der Waals surface area contributed by atoms with Crippen molar-refractivity contribution in [1.29, 1.82) is 0 Å². The third-order valence-electron chi connectivity index (χ3n) is 4.67. The Morgan fingerprint density at radius 3 is 2.20 bits per heavy atom. The summed E-state index contributed by atoms with van der Waals surface area (Å²) in [6.45, 7) is 6.44. The number of aliphatic imine (C=N–C) groups is 1. The molecule has 0 heterocycles. The molecule has 25 heavy (non-hydrogen) atoms. The van der Waals surface area contributed by atoms with Gasteiger partial charge >= 0.3 is 5.97 Å². The molecule has 1 aromatic rings. The molecule has 0 amide bonds. The van der Waals surface area contributed by atoms with E-state index in [0.29, 0.717) is 31.1 Å². The SMILES string of the molecule is CC[C@](COc1ccc(C(N)=NC(CN)CN)cc1)(C(=O)O)C(C)C. The lowest BCUT2D eigenvalue weighted by atomic mass is 9.75. The highest BCUT2D eigenvalue weighted by atomic mass is 16.5. The standard InChI is InChI=1S/C18H30N4O3/c1-4-18(12(2)3,17(23)24)11-25-15-7-5-13(6-8-15)16(21)22-14(9-19)10-20/h5-8,12,14H,4,9-11,19-20H2,1-3H3,(H2,21,22)(H,23,24)/t18-/m1/s1. The van der Waals surface area contributed by atoms with E-state index in [4.69, 9.17) is 21.9 Å². The highest BCUT2D eigenvalue weighted by Crippen LogP contribution is 2.32. The summed E-state index contributed by atoms with van der Waals surface area (Å²) in [7, 11) is 0. The zero-order valence-electron chi connectivity index (χ0n) is 15.2. The number of hydrogen-bond donors (Lipinski definition) is 4. The van der Waals surface area contributed by atoms with E-state index in [1.165, 1.54) is 0 Å². The first kappa shape index (κ1) is 20.9. The molecule has 140 valence electrons. The van der Waals surface area contributed by atoms with Gasteiger partial charge in [-0.1, -0.05) is 20.8 Å². The van der Waals surface area contributed by atoms with Gasteiger partial charge in [0.2, 0.25) is 0 Å². The van der Waals surface area contributed by atoms with Crippen molar-refractivity contribution in [3.63, 3.8) is 0 Å². The first-order valence-corrected chi connectivity index (χ1v) is 8.50. The molecule has 0 spiro atoms. The predicted molar refractivity (Wildman–Crippen MR) is 99.8 cm³/mol. The van der Waals surface area contributed by atoms with E-state index < -0.39 is 11.4 Å². The largest absolute Gasteiger partial charge is 0.492 e. The normalized spacial score (nSPS) is 14.6. The number of carboxylic acids is 1. The maximum absolute atomic E-state index is 11.7. The number of hydrogen-bond acceptors (Lipinski definition) is 5. The van der Waals surface area contributed by atoms with Crippen LogP contribution in [0.25, 0.3) is 0 Å². The molecule has 0 aliphatic carbocycles. The van der Waals surface area contributed by atoms with Crippen LogP contribution in [-0.4, -0.2) is 42.6 Å². The van der Waals surface area contributed by atoms with E-state index in [0.717, 1.165) is 5.56 Å². The molecule has 0 unspecified atom stereocenters. The van der Waals surface area contributed by atoms with E-state index in [1.807, 2.05) is 20.8 Å². The van der Waals surface area contributed by atoms with Crippen LogP contribution in [0.1, 0.15) is 32.8 Å². The second-order valence-corrected chi connectivity index (χ2v) is 6.42. The minimum absolute atomic E-state index is 0.0403. The number of amidine groups is 1. The molecule has 0 aromatic heterocycles. The molecule has 1 aromatic carbocycles. The van der Waals surface area contributed by atoms with Gasteiger partial charge in [0, 0.05) is 18.7 Å². The number of carboxylic acid groups (broad SMARTS) is 1. The van der Waals surface area contributed by atoms with Crippen molar-refractivity contribution in [2.45, 2.75) is 33.2 Å². The van der Waals surface area contributed by atoms with Crippen LogP contribution in [0.3, 0.4) is 0 Å². The fourth-order valence-electron chi connectivity index (χ4n) is 2.54. The van der Waals surface area contributed by atoms with Crippen molar-refractivity contribution in [1.82, 2.24) is 0 Å². The first-order chi connectivity index (χ1) is 11.8. The van der Waals surface area contributed by atoms with Gasteiger partial charge in [-0.05, 0) is 36.6 Å². The molecule has 1 atom stereocenters. The van der Waals surface area contributed by atoms with Gasteiger partial charge in [-0.25, -0.2) is 0 Å². The van der Waals surface area contributed by atoms with E-state index in [-0.39, 0.29) is 18.6 Å². The smallest absolute Gasteiger partial charge is 0.313 e. The third-order valence-corrected chi connectivity index (χ3v) is 4.67. The fourth-order valence-corrected chi connectivity index (χ4v) is 2.54. The first-order valence-electron chi connectivity index (χ1n) is 8.50. The molecular weight excluding hydrogens is 320 g/mol. The molecule has 7 N–H and O–H groups in total. The zero-order valence-corrected chi connectivity index (χ0v) is 15.2. The van der Waals surface area contributed by atoms with Gasteiger partial charge in [-0.15, -0.1) is 0 Å². The van der Waals surface area contributed by atoms with Crippen molar-refractivity contribution in [3.8, 4) is 5.75 Å². The fraction of sp³-hybridized carbons (Fsp3) is 0.556. The number of aliphatic carboxylic acids is 1. The highest BCUT2D eigenvalue weighted by molar-refractivity contribution is 5.97. The van der Waals surface area contributed by atoms with Crippen molar-refractivity contribution >= 4 is 11.8 Å². The minimum atomic E-state index is -0.908. The summed E-state index contributed by atoms with van der Waals surface area (Å²) in [5.41, 5.74) is 16.9. The molecule has 0 bridgehead atoms. The molecule has 0 fully saturated rings. The molecule has 0 aliphatic rings. The number of ether oxygens (including phenoxy) is 1. The molecule has 0 saturated heterocycles. The third kappa shape index (κ3) is 5.17. The maximum Gasteiger partial charge on any atom is 0.313 e. The van der Waals surface area contributed by atoms with Crippen LogP contribution in [-0.2, 0) is 4.79 Å². The Labute approximate surface area is 149 Å². The van der Waals surface area contributed by atoms with Gasteiger partial charge < -0.3 is 27.0 Å². The monoisotopic (exact) mass is 350 g/mol. The maximum atomic E-state index is 11.7. The molecule has 7 nitrogen and oxygen atoms in total. The number of nitrogens with zero attached hydrogens (tertiary/aromatic N) is 1. The quantitative estimate of drug-likeness (QED) is 0.369. The van der Waals surface area contributed by atoms with E-state index in [2.05, 4.69) is 4.99 Å². The van der Waals surface area contributed by atoms with Gasteiger partial charge in [0.1, 0.15) is 23.6 Å². The molecular formula is C18H30N4O3. The van der Waals surface area contributed by atoms with Crippen LogP contribution in [0, 0.1) is 11.3 Å². The second kappa shape index (κ2) is 9.39. The van der Waals surface area contributed by atoms with Gasteiger partial charge in [-0.3, -0.25) is 9.79 Å². The van der Waals surface area contributed by atoms with Crippen LogP contribution >= 0.6 is 0 Å². The average molecular weight is 350 g/mol.